The summed E-state index contributed by atoms with van der Waals surface area (Å²) in [5.74, 6) is 0.262. The molecule has 2 aromatic carbocycles. The van der Waals surface area contributed by atoms with Crippen molar-refractivity contribution in [2.45, 2.75) is 38.9 Å². The van der Waals surface area contributed by atoms with Gasteiger partial charge in [-0.2, -0.15) is 0 Å². The summed E-state index contributed by atoms with van der Waals surface area (Å²) in [5.41, 5.74) is 3.02. The number of aryl methyl sites for hydroxylation is 2. The first-order valence-electron chi connectivity index (χ1n) is 8.63. The van der Waals surface area contributed by atoms with Crippen molar-refractivity contribution >= 4 is 11.0 Å². The minimum absolute atomic E-state index is 0.100. The fourth-order valence-corrected chi connectivity index (χ4v) is 3.54. The zero-order valence-electron chi connectivity index (χ0n) is 14.6. The molecule has 2 heterocycles. The van der Waals surface area contributed by atoms with Crippen LogP contribution in [0.5, 0.6) is 5.75 Å². The molecule has 0 bridgehead atoms. The maximum absolute atomic E-state index is 13.2. The van der Waals surface area contributed by atoms with E-state index in [0.29, 0.717) is 40.7 Å². The standard InChI is InChI=1S/C21H19FO4/c1-11-10-25-21-16(19(11)24)9-14-5-8-17(13-3-6-15(22)7-4-13)26-20(14)18(21)12(2)23/h3-4,6-7,9-10,12,17,23H,5,8H2,1-2H3. The van der Waals surface area contributed by atoms with Crippen molar-refractivity contribution < 1.29 is 18.7 Å². The summed E-state index contributed by atoms with van der Waals surface area (Å²) in [6, 6.07) is 8.03. The Morgan fingerprint density at radius 3 is 2.69 bits per heavy atom. The van der Waals surface area contributed by atoms with Gasteiger partial charge >= 0.3 is 0 Å². The predicted octanol–water partition coefficient (Wildman–Crippen LogP) is 4.36. The molecule has 0 amide bonds. The van der Waals surface area contributed by atoms with E-state index in [2.05, 4.69) is 0 Å². The fourth-order valence-electron chi connectivity index (χ4n) is 3.54. The van der Waals surface area contributed by atoms with Crippen molar-refractivity contribution in [1.29, 1.82) is 0 Å². The molecule has 5 heteroatoms. The Morgan fingerprint density at radius 1 is 1.27 bits per heavy atom. The Bertz CT molecular complexity index is 1030. The van der Waals surface area contributed by atoms with E-state index in [1.54, 1.807) is 32.0 Å². The number of hydrogen-bond donors (Lipinski definition) is 1. The Balaban J connectivity index is 1.88. The highest BCUT2D eigenvalue weighted by atomic mass is 19.1. The molecule has 0 spiro atoms. The first kappa shape index (κ1) is 16.8. The quantitative estimate of drug-likeness (QED) is 0.743. The van der Waals surface area contributed by atoms with Crippen LogP contribution in [0.1, 0.15) is 47.8 Å². The third kappa shape index (κ3) is 2.69. The van der Waals surface area contributed by atoms with Crippen LogP contribution in [0, 0.1) is 12.7 Å². The maximum Gasteiger partial charge on any atom is 0.195 e. The molecule has 3 aromatic rings. The maximum atomic E-state index is 13.2. The van der Waals surface area contributed by atoms with Crippen molar-refractivity contribution in [2.24, 2.45) is 0 Å². The van der Waals surface area contributed by atoms with Gasteiger partial charge in [-0.3, -0.25) is 4.79 Å². The van der Waals surface area contributed by atoms with Crippen LogP contribution in [0.4, 0.5) is 4.39 Å². The van der Waals surface area contributed by atoms with E-state index in [4.69, 9.17) is 9.15 Å². The Labute approximate surface area is 149 Å². The zero-order chi connectivity index (χ0) is 18.4. The molecule has 4 nitrogen and oxygen atoms in total. The third-order valence-corrected chi connectivity index (χ3v) is 4.90. The molecular formula is C21H19FO4. The molecule has 2 atom stereocenters. The highest BCUT2D eigenvalue weighted by Gasteiger charge is 2.28. The average Bonchev–Trinajstić information content (AvgIpc) is 2.63. The monoisotopic (exact) mass is 354 g/mol. The summed E-state index contributed by atoms with van der Waals surface area (Å²) < 4.78 is 25.0. The van der Waals surface area contributed by atoms with Crippen LogP contribution < -0.4 is 10.2 Å². The number of ether oxygens (including phenoxy) is 1. The lowest BCUT2D eigenvalue weighted by molar-refractivity contribution is 0.155. The summed E-state index contributed by atoms with van der Waals surface area (Å²) in [7, 11) is 0. The van der Waals surface area contributed by atoms with Gasteiger partial charge in [0.05, 0.1) is 23.3 Å². The first-order valence-corrected chi connectivity index (χ1v) is 8.63. The van der Waals surface area contributed by atoms with Gasteiger partial charge in [0.1, 0.15) is 23.3 Å². The van der Waals surface area contributed by atoms with Crippen LogP contribution in [0.2, 0.25) is 0 Å². The van der Waals surface area contributed by atoms with Crippen LogP contribution in [0.25, 0.3) is 11.0 Å². The summed E-state index contributed by atoms with van der Waals surface area (Å²) in [5, 5.41) is 10.8. The van der Waals surface area contributed by atoms with E-state index < -0.39 is 6.10 Å². The van der Waals surface area contributed by atoms with Crippen LogP contribution in [-0.4, -0.2) is 5.11 Å². The topological polar surface area (TPSA) is 59.7 Å². The van der Waals surface area contributed by atoms with Crippen molar-refractivity contribution in [1.82, 2.24) is 0 Å². The fraction of sp³-hybridized carbons (Fsp3) is 0.286. The van der Waals surface area contributed by atoms with E-state index in [1.165, 1.54) is 18.4 Å². The summed E-state index contributed by atoms with van der Waals surface area (Å²) in [4.78, 5) is 12.5. The number of aliphatic hydroxyl groups excluding tert-OH is 1. The van der Waals surface area contributed by atoms with Gasteiger partial charge in [0, 0.05) is 5.56 Å². The smallest absolute Gasteiger partial charge is 0.195 e. The van der Waals surface area contributed by atoms with Gasteiger partial charge in [-0.15, -0.1) is 0 Å². The van der Waals surface area contributed by atoms with E-state index >= 15 is 0 Å². The molecule has 1 aliphatic rings. The minimum Gasteiger partial charge on any atom is -0.485 e. The molecule has 26 heavy (non-hydrogen) atoms. The van der Waals surface area contributed by atoms with Gasteiger partial charge < -0.3 is 14.3 Å². The molecule has 0 aliphatic carbocycles. The van der Waals surface area contributed by atoms with E-state index in [1.807, 2.05) is 0 Å². The summed E-state index contributed by atoms with van der Waals surface area (Å²) in [6.07, 6.45) is 1.71. The molecule has 2 unspecified atom stereocenters. The van der Waals surface area contributed by atoms with Crippen molar-refractivity contribution in [3.63, 3.8) is 0 Å². The SMILES string of the molecule is Cc1coc2c(C(C)O)c3c(cc2c1=O)CCC(c1ccc(F)cc1)O3. The second-order valence-electron chi connectivity index (χ2n) is 6.78. The normalized spacial score (nSPS) is 17.6. The van der Waals surface area contributed by atoms with Gasteiger partial charge in [0.25, 0.3) is 0 Å². The molecule has 0 fully saturated rings. The number of halogens is 1. The van der Waals surface area contributed by atoms with Crippen LogP contribution in [0.3, 0.4) is 0 Å². The number of rotatable bonds is 2. The lowest BCUT2D eigenvalue weighted by Crippen LogP contribution is -2.18. The second-order valence-corrected chi connectivity index (χ2v) is 6.78. The number of hydrogen-bond acceptors (Lipinski definition) is 4. The van der Waals surface area contributed by atoms with E-state index in [-0.39, 0.29) is 17.3 Å². The number of aliphatic hydroxyl groups is 1. The molecule has 134 valence electrons. The molecule has 0 saturated heterocycles. The van der Waals surface area contributed by atoms with Gasteiger partial charge in [-0.1, -0.05) is 12.1 Å². The molecule has 0 radical (unpaired) electrons. The van der Waals surface area contributed by atoms with Gasteiger partial charge in [0.2, 0.25) is 0 Å². The average molecular weight is 354 g/mol. The molecule has 0 saturated carbocycles. The largest absolute Gasteiger partial charge is 0.485 e. The van der Waals surface area contributed by atoms with Crippen LogP contribution in [0.15, 0.2) is 45.8 Å². The molecule has 1 aromatic heterocycles. The zero-order valence-corrected chi connectivity index (χ0v) is 14.6. The third-order valence-electron chi connectivity index (χ3n) is 4.90. The Kier molecular flexibility index (Phi) is 4.04. The van der Waals surface area contributed by atoms with E-state index in [9.17, 15) is 14.3 Å². The van der Waals surface area contributed by atoms with Crippen molar-refractivity contribution in [3.8, 4) is 5.75 Å². The van der Waals surface area contributed by atoms with Gasteiger partial charge in [0.15, 0.2) is 5.43 Å². The van der Waals surface area contributed by atoms with E-state index in [0.717, 1.165) is 11.1 Å². The molecular weight excluding hydrogens is 335 g/mol. The molecule has 1 aliphatic heterocycles. The second kappa shape index (κ2) is 6.25. The summed E-state index contributed by atoms with van der Waals surface area (Å²) >= 11 is 0. The highest BCUT2D eigenvalue weighted by molar-refractivity contribution is 5.84. The van der Waals surface area contributed by atoms with Crippen LogP contribution in [-0.2, 0) is 6.42 Å². The predicted molar refractivity (Wildman–Crippen MR) is 95.9 cm³/mol. The van der Waals surface area contributed by atoms with Crippen molar-refractivity contribution in [3.05, 3.63) is 74.9 Å². The lowest BCUT2D eigenvalue weighted by Gasteiger charge is -2.29. The summed E-state index contributed by atoms with van der Waals surface area (Å²) in [6.45, 7) is 3.33. The van der Waals surface area contributed by atoms with Crippen molar-refractivity contribution in [2.75, 3.05) is 0 Å². The number of benzene rings is 2. The molecule has 1 N–H and O–H groups in total. The Morgan fingerprint density at radius 2 is 2.00 bits per heavy atom. The minimum atomic E-state index is -0.856. The highest BCUT2D eigenvalue weighted by Crippen LogP contribution is 2.42. The van der Waals surface area contributed by atoms with Gasteiger partial charge in [-0.05, 0) is 56.0 Å². The lowest BCUT2D eigenvalue weighted by atomic mass is 9.92. The number of fused-ring (bicyclic) bond motifs is 2. The van der Waals surface area contributed by atoms with Gasteiger partial charge in [-0.25, -0.2) is 4.39 Å². The van der Waals surface area contributed by atoms with Crippen LogP contribution >= 0.6 is 0 Å². The first-order chi connectivity index (χ1) is 12.5. The Hall–Kier alpha value is -2.66. The molecule has 4 rings (SSSR count).